The quantitative estimate of drug-likeness (QED) is 0.616. The zero-order valence-corrected chi connectivity index (χ0v) is 15.4. The fraction of sp³-hybridized carbons (Fsp3) is 0.632. The Balaban J connectivity index is 1.77. The molecule has 134 valence electrons. The van der Waals surface area contributed by atoms with Gasteiger partial charge in [-0.2, -0.15) is 0 Å². The average Bonchev–Trinajstić information content (AvgIpc) is 3.07. The first-order valence-corrected chi connectivity index (χ1v) is 8.76. The number of guanidine groups is 1. The molecule has 1 aromatic carbocycles. The van der Waals surface area contributed by atoms with Crippen molar-refractivity contribution in [2.24, 2.45) is 10.9 Å². The van der Waals surface area contributed by atoms with Crippen molar-refractivity contribution >= 4 is 5.96 Å². The molecule has 0 radical (unpaired) electrons. The lowest BCUT2D eigenvalue weighted by Crippen LogP contribution is -2.40. The molecular weight excluding hydrogens is 302 g/mol. The van der Waals surface area contributed by atoms with Crippen LogP contribution in [0.15, 0.2) is 29.3 Å². The van der Waals surface area contributed by atoms with Crippen molar-refractivity contribution in [3.8, 4) is 5.75 Å². The van der Waals surface area contributed by atoms with Crippen molar-refractivity contribution in [3.63, 3.8) is 0 Å². The fourth-order valence-electron chi connectivity index (χ4n) is 3.23. The maximum Gasteiger partial charge on any atom is 0.193 e. The second-order valence-electron chi connectivity index (χ2n) is 6.49. The SMILES string of the molecule is CN=C(NCCC(C)c1ccc(OC)cc1)N1CCC(COC)C1. The summed E-state index contributed by atoms with van der Waals surface area (Å²) in [4.78, 5) is 6.77. The Morgan fingerprint density at radius 2 is 2.08 bits per heavy atom. The van der Waals surface area contributed by atoms with Crippen LogP contribution in [0.5, 0.6) is 5.75 Å². The van der Waals surface area contributed by atoms with Crippen LogP contribution in [-0.4, -0.2) is 58.4 Å². The minimum atomic E-state index is 0.501. The monoisotopic (exact) mass is 333 g/mol. The van der Waals surface area contributed by atoms with Crippen LogP contribution >= 0.6 is 0 Å². The van der Waals surface area contributed by atoms with Gasteiger partial charge in [0.2, 0.25) is 0 Å². The number of nitrogens with zero attached hydrogens (tertiary/aromatic N) is 2. The number of ether oxygens (including phenoxy) is 2. The molecule has 1 aliphatic heterocycles. The topological polar surface area (TPSA) is 46.1 Å². The summed E-state index contributed by atoms with van der Waals surface area (Å²) in [7, 11) is 5.33. The Morgan fingerprint density at radius 3 is 2.71 bits per heavy atom. The van der Waals surface area contributed by atoms with E-state index in [2.05, 4.69) is 34.3 Å². The van der Waals surface area contributed by atoms with Crippen molar-refractivity contribution in [2.45, 2.75) is 25.7 Å². The molecule has 0 spiro atoms. The van der Waals surface area contributed by atoms with Crippen molar-refractivity contribution in [3.05, 3.63) is 29.8 Å². The summed E-state index contributed by atoms with van der Waals surface area (Å²) < 4.78 is 10.5. The van der Waals surface area contributed by atoms with E-state index in [1.54, 1.807) is 14.2 Å². The van der Waals surface area contributed by atoms with Gasteiger partial charge in [-0.15, -0.1) is 0 Å². The molecular formula is C19H31N3O2. The van der Waals surface area contributed by atoms with Gasteiger partial charge >= 0.3 is 0 Å². The van der Waals surface area contributed by atoms with E-state index in [4.69, 9.17) is 9.47 Å². The van der Waals surface area contributed by atoms with Crippen LogP contribution < -0.4 is 10.1 Å². The average molecular weight is 333 g/mol. The van der Waals surface area contributed by atoms with Crippen LogP contribution in [0, 0.1) is 5.92 Å². The Kier molecular flexibility index (Phi) is 7.37. The Bertz CT molecular complexity index is 516. The molecule has 0 bridgehead atoms. The summed E-state index contributed by atoms with van der Waals surface area (Å²) in [6.07, 6.45) is 2.25. The lowest BCUT2D eigenvalue weighted by Gasteiger charge is -2.22. The van der Waals surface area contributed by atoms with Gasteiger partial charge in [0.15, 0.2) is 5.96 Å². The molecule has 5 nitrogen and oxygen atoms in total. The number of nitrogens with one attached hydrogen (secondary N) is 1. The molecule has 1 saturated heterocycles. The Hall–Kier alpha value is -1.75. The number of likely N-dealkylation sites (tertiary alicyclic amines) is 1. The smallest absolute Gasteiger partial charge is 0.193 e. The molecule has 1 aliphatic rings. The van der Waals surface area contributed by atoms with E-state index >= 15 is 0 Å². The van der Waals surface area contributed by atoms with E-state index in [1.165, 1.54) is 12.0 Å². The van der Waals surface area contributed by atoms with Gasteiger partial charge in [0.05, 0.1) is 13.7 Å². The van der Waals surface area contributed by atoms with Crippen LogP contribution in [0.25, 0.3) is 0 Å². The second kappa shape index (κ2) is 9.52. The maximum atomic E-state index is 5.27. The van der Waals surface area contributed by atoms with E-state index in [0.717, 1.165) is 44.4 Å². The van der Waals surface area contributed by atoms with Gasteiger partial charge in [0, 0.05) is 39.7 Å². The lowest BCUT2D eigenvalue weighted by atomic mass is 9.98. The van der Waals surface area contributed by atoms with Gasteiger partial charge in [0.1, 0.15) is 5.75 Å². The first-order valence-electron chi connectivity index (χ1n) is 8.76. The molecule has 0 amide bonds. The first kappa shape index (κ1) is 18.6. The van der Waals surface area contributed by atoms with Crippen molar-refractivity contribution in [1.29, 1.82) is 0 Å². The molecule has 1 N–H and O–H groups in total. The first-order chi connectivity index (χ1) is 11.7. The van der Waals surface area contributed by atoms with Crippen molar-refractivity contribution in [2.75, 3.05) is 47.5 Å². The van der Waals surface area contributed by atoms with Crippen LogP contribution in [-0.2, 0) is 4.74 Å². The van der Waals surface area contributed by atoms with Crippen LogP contribution in [0.3, 0.4) is 0 Å². The summed E-state index contributed by atoms with van der Waals surface area (Å²) in [5.41, 5.74) is 1.34. The van der Waals surface area contributed by atoms with Gasteiger partial charge < -0.3 is 19.7 Å². The van der Waals surface area contributed by atoms with Gasteiger partial charge in [-0.25, -0.2) is 0 Å². The highest BCUT2D eigenvalue weighted by Gasteiger charge is 2.24. The number of aliphatic imine (C=N–C) groups is 1. The van der Waals surface area contributed by atoms with Crippen LogP contribution in [0.2, 0.25) is 0 Å². The molecule has 0 aliphatic carbocycles. The summed E-state index contributed by atoms with van der Waals surface area (Å²) >= 11 is 0. The number of benzene rings is 1. The number of hydrogen-bond donors (Lipinski definition) is 1. The predicted molar refractivity (Wildman–Crippen MR) is 98.9 cm³/mol. The standard InChI is InChI=1S/C19H31N3O2/c1-15(17-5-7-18(24-4)8-6-17)9-11-21-19(20-2)22-12-10-16(13-22)14-23-3/h5-8,15-16H,9-14H2,1-4H3,(H,20,21). The van der Waals surface area contributed by atoms with E-state index in [9.17, 15) is 0 Å². The summed E-state index contributed by atoms with van der Waals surface area (Å²) in [5.74, 6) is 3.03. The highest BCUT2D eigenvalue weighted by Crippen LogP contribution is 2.21. The minimum absolute atomic E-state index is 0.501. The van der Waals surface area contributed by atoms with Gasteiger partial charge in [-0.1, -0.05) is 19.1 Å². The molecule has 24 heavy (non-hydrogen) atoms. The molecule has 2 unspecified atom stereocenters. The third-order valence-electron chi connectivity index (χ3n) is 4.74. The van der Waals surface area contributed by atoms with Crippen LogP contribution in [0.4, 0.5) is 0 Å². The highest BCUT2D eigenvalue weighted by atomic mass is 16.5. The lowest BCUT2D eigenvalue weighted by molar-refractivity contribution is 0.157. The predicted octanol–water partition coefficient (Wildman–Crippen LogP) is 2.73. The van der Waals surface area contributed by atoms with Crippen molar-refractivity contribution < 1.29 is 9.47 Å². The van der Waals surface area contributed by atoms with Gasteiger partial charge in [-0.05, 0) is 36.5 Å². The minimum Gasteiger partial charge on any atom is -0.497 e. The fourth-order valence-corrected chi connectivity index (χ4v) is 3.23. The number of rotatable bonds is 7. The molecule has 2 atom stereocenters. The molecule has 0 aromatic heterocycles. The van der Waals surface area contributed by atoms with Gasteiger partial charge in [-0.3, -0.25) is 4.99 Å². The highest BCUT2D eigenvalue weighted by molar-refractivity contribution is 5.80. The molecule has 1 heterocycles. The number of hydrogen-bond acceptors (Lipinski definition) is 3. The molecule has 1 fully saturated rings. The van der Waals surface area contributed by atoms with E-state index in [0.29, 0.717) is 11.8 Å². The maximum absolute atomic E-state index is 5.27. The second-order valence-corrected chi connectivity index (χ2v) is 6.49. The molecule has 5 heteroatoms. The third kappa shape index (κ3) is 5.13. The summed E-state index contributed by atoms with van der Waals surface area (Å²) in [6.45, 7) is 6.10. The molecule has 2 rings (SSSR count). The van der Waals surface area contributed by atoms with Gasteiger partial charge in [0.25, 0.3) is 0 Å². The zero-order chi connectivity index (χ0) is 17.4. The summed E-state index contributed by atoms with van der Waals surface area (Å²) in [5, 5.41) is 3.51. The van der Waals surface area contributed by atoms with E-state index < -0.39 is 0 Å². The van der Waals surface area contributed by atoms with E-state index in [-0.39, 0.29) is 0 Å². The Morgan fingerprint density at radius 1 is 1.33 bits per heavy atom. The number of methoxy groups -OCH3 is 2. The zero-order valence-electron chi connectivity index (χ0n) is 15.4. The Labute approximate surface area is 146 Å². The summed E-state index contributed by atoms with van der Waals surface area (Å²) in [6, 6.07) is 8.35. The molecule has 0 saturated carbocycles. The van der Waals surface area contributed by atoms with Crippen LogP contribution in [0.1, 0.15) is 31.2 Å². The third-order valence-corrected chi connectivity index (χ3v) is 4.74. The molecule has 1 aromatic rings. The van der Waals surface area contributed by atoms with Crippen molar-refractivity contribution in [1.82, 2.24) is 10.2 Å². The normalized spacial score (nSPS) is 19.4. The van der Waals surface area contributed by atoms with E-state index in [1.807, 2.05) is 19.2 Å². The largest absolute Gasteiger partial charge is 0.497 e.